The Morgan fingerprint density at radius 2 is 1.90 bits per heavy atom. The van der Waals surface area contributed by atoms with Gasteiger partial charge in [-0.2, -0.15) is 13.2 Å². The van der Waals surface area contributed by atoms with Gasteiger partial charge in [-0.3, -0.25) is 4.79 Å². The van der Waals surface area contributed by atoms with Crippen molar-refractivity contribution >= 4 is 5.91 Å². The van der Waals surface area contributed by atoms with Crippen LogP contribution in [0.15, 0.2) is 30.3 Å². The lowest BCUT2D eigenvalue weighted by atomic mass is 10.0. The number of carbonyl (C=O) groups excluding carboxylic acids is 1. The topological polar surface area (TPSA) is 41.1 Å². The number of benzene rings is 1. The molecule has 21 heavy (non-hydrogen) atoms. The van der Waals surface area contributed by atoms with E-state index in [4.69, 9.17) is 0 Å². The van der Waals surface area contributed by atoms with Gasteiger partial charge in [0.25, 0.3) is 0 Å². The molecule has 2 N–H and O–H groups in total. The molecule has 0 heterocycles. The molecule has 0 aliphatic heterocycles. The molecule has 116 valence electrons. The summed E-state index contributed by atoms with van der Waals surface area (Å²) in [5.74, 6) is -0.108. The molecule has 0 spiro atoms. The normalized spacial score (nSPS) is 16.5. The summed E-state index contributed by atoms with van der Waals surface area (Å²) < 4.78 is 37.9. The number of amides is 1. The number of alkyl halides is 3. The molecule has 0 saturated heterocycles. The summed E-state index contributed by atoms with van der Waals surface area (Å²) in [6.07, 6.45) is -3.00. The molecule has 1 atom stereocenters. The third kappa shape index (κ3) is 6.16. The summed E-state index contributed by atoms with van der Waals surface area (Å²) >= 11 is 0. The molecule has 1 aliphatic carbocycles. The molecule has 6 heteroatoms. The monoisotopic (exact) mass is 300 g/mol. The Bertz CT molecular complexity index is 458. The zero-order valence-electron chi connectivity index (χ0n) is 11.6. The fourth-order valence-electron chi connectivity index (χ4n) is 2.11. The quantitative estimate of drug-likeness (QED) is 0.813. The van der Waals surface area contributed by atoms with Crippen LogP contribution in [0.25, 0.3) is 0 Å². The number of nitrogens with one attached hydrogen (secondary N) is 2. The number of hydrogen-bond acceptors (Lipinski definition) is 2. The van der Waals surface area contributed by atoms with Crippen LogP contribution < -0.4 is 10.6 Å². The molecule has 0 radical (unpaired) electrons. The van der Waals surface area contributed by atoms with Crippen molar-refractivity contribution in [1.29, 1.82) is 0 Å². The van der Waals surface area contributed by atoms with Crippen LogP contribution in [0.3, 0.4) is 0 Å². The van der Waals surface area contributed by atoms with Gasteiger partial charge in [0.05, 0.1) is 6.42 Å². The third-order valence-electron chi connectivity index (χ3n) is 3.32. The number of rotatable bonds is 7. The summed E-state index contributed by atoms with van der Waals surface area (Å²) in [5.41, 5.74) is 0.581. The second-order valence-corrected chi connectivity index (χ2v) is 5.33. The molecule has 1 aromatic carbocycles. The summed E-state index contributed by atoms with van der Waals surface area (Å²) in [7, 11) is 0. The van der Waals surface area contributed by atoms with Crippen molar-refractivity contribution in [2.45, 2.75) is 43.9 Å². The fraction of sp³-hybridized carbons (Fsp3) is 0.533. The second kappa shape index (κ2) is 6.93. The van der Waals surface area contributed by atoms with Crippen molar-refractivity contribution in [3.8, 4) is 0 Å². The van der Waals surface area contributed by atoms with E-state index in [1.54, 1.807) is 30.3 Å². The predicted octanol–water partition coefficient (Wildman–Crippen LogP) is 2.94. The van der Waals surface area contributed by atoms with E-state index < -0.39 is 18.6 Å². The molecule has 0 aromatic heterocycles. The SMILES string of the molecule is O=C(CCNC(CC(F)(F)F)c1ccccc1)NC1CC1. The first kappa shape index (κ1) is 15.8. The van der Waals surface area contributed by atoms with Gasteiger partial charge in [0.1, 0.15) is 0 Å². The number of carbonyl (C=O) groups is 1. The van der Waals surface area contributed by atoms with E-state index in [0.29, 0.717) is 5.56 Å². The van der Waals surface area contributed by atoms with Crippen molar-refractivity contribution in [1.82, 2.24) is 10.6 Å². The largest absolute Gasteiger partial charge is 0.390 e. The summed E-state index contributed by atoms with van der Waals surface area (Å²) in [6.45, 7) is 0.230. The fourth-order valence-corrected chi connectivity index (χ4v) is 2.11. The molecule has 0 bridgehead atoms. The van der Waals surface area contributed by atoms with Gasteiger partial charge in [0.2, 0.25) is 5.91 Å². The Hall–Kier alpha value is -1.56. The van der Waals surface area contributed by atoms with Gasteiger partial charge < -0.3 is 10.6 Å². The minimum absolute atomic E-state index is 0.108. The van der Waals surface area contributed by atoms with E-state index in [0.717, 1.165) is 12.8 Å². The molecule has 1 fully saturated rings. The van der Waals surface area contributed by atoms with Crippen LogP contribution in [-0.4, -0.2) is 24.7 Å². The summed E-state index contributed by atoms with van der Waals surface area (Å²) in [6, 6.07) is 7.96. The third-order valence-corrected chi connectivity index (χ3v) is 3.32. The molecule has 1 aromatic rings. The van der Waals surface area contributed by atoms with E-state index in [1.807, 2.05) is 0 Å². The summed E-state index contributed by atoms with van der Waals surface area (Å²) in [4.78, 5) is 11.5. The van der Waals surface area contributed by atoms with E-state index in [-0.39, 0.29) is 24.9 Å². The molecular weight excluding hydrogens is 281 g/mol. The van der Waals surface area contributed by atoms with Crippen LogP contribution in [-0.2, 0) is 4.79 Å². The molecule has 2 rings (SSSR count). The van der Waals surface area contributed by atoms with E-state index in [9.17, 15) is 18.0 Å². The van der Waals surface area contributed by atoms with Crippen molar-refractivity contribution in [3.63, 3.8) is 0 Å². The van der Waals surface area contributed by atoms with Gasteiger partial charge in [-0.05, 0) is 18.4 Å². The highest BCUT2D eigenvalue weighted by atomic mass is 19.4. The zero-order valence-corrected chi connectivity index (χ0v) is 11.6. The first-order chi connectivity index (χ1) is 9.94. The lowest BCUT2D eigenvalue weighted by Gasteiger charge is -2.20. The van der Waals surface area contributed by atoms with Crippen LogP contribution in [0, 0.1) is 0 Å². The highest BCUT2D eigenvalue weighted by Gasteiger charge is 2.32. The van der Waals surface area contributed by atoms with Crippen molar-refractivity contribution in [2.24, 2.45) is 0 Å². The minimum atomic E-state index is -4.25. The Morgan fingerprint density at radius 1 is 1.24 bits per heavy atom. The summed E-state index contributed by atoms with van der Waals surface area (Å²) in [5, 5.41) is 5.65. The molecule has 3 nitrogen and oxygen atoms in total. The zero-order chi connectivity index (χ0) is 15.3. The Labute approximate surface area is 121 Å². The van der Waals surface area contributed by atoms with Crippen molar-refractivity contribution < 1.29 is 18.0 Å². The molecular formula is C15H19F3N2O. The van der Waals surface area contributed by atoms with Gasteiger partial charge in [0, 0.05) is 25.0 Å². The molecule has 1 aliphatic rings. The Balaban J connectivity index is 1.85. The predicted molar refractivity (Wildman–Crippen MR) is 73.6 cm³/mol. The van der Waals surface area contributed by atoms with Gasteiger partial charge in [-0.25, -0.2) is 0 Å². The maximum Gasteiger partial charge on any atom is 0.390 e. The highest BCUT2D eigenvalue weighted by molar-refractivity contribution is 5.76. The average molecular weight is 300 g/mol. The lowest BCUT2D eigenvalue weighted by Crippen LogP contribution is -2.32. The van der Waals surface area contributed by atoms with Gasteiger partial charge >= 0.3 is 6.18 Å². The van der Waals surface area contributed by atoms with Crippen LogP contribution in [0.1, 0.15) is 37.3 Å². The van der Waals surface area contributed by atoms with E-state index in [2.05, 4.69) is 10.6 Å². The standard InChI is InChI=1S/C15H19F3N2O/c16-15(17,18)10-13(11-4-2-1-3-5-11)19-9-8-14(21)20-12-6-7-12/h1-5,12-13,19H,6-10H2,(H,20,21). The Morgan fingerprint density at radius 3 is 2.48 bits per heavy atom. The Kier molecular flexibility index (Phi) is 5.22. The van der Waals surface area contributed by atoms with Gasteiger partial charge in [-0.15, -0.1) is 0 Å². The smallest absolute Gasteiger partial charge is 0.353 e. The maximum absolute atomic E-state index is 12.6. The first-order valence-electron chi connectivity index (χ1n) is 7.08. The van der Waals surface area contributed by atoms with E-state index in [1.165, 1.54) is 0 Å². The molecule has 1 amide bonds. The van der Waals surface area contributed by atoms with Crippen LogP contribution in [0.4, 0.5) is 13.2 Å². The van der Waals surface area contributed by atoms with Gasteiger partial charge in [0.15, 0.2) is 0 Å². The van der Waals surface area contributed by atoms with Crippen molar-refractivity contribution in [2.75, 3.05) is 6.54 Å². The van der Waals surface area contributed by atoms with Crippen LogP contribution >= 0.6 is 0 Å². The maximum atomic E-state index is 12.6. The first-order valence-corrected chi connectivity index (χ1v) is 7.08. The highest BCUT2D eigenvalue weighted by Crippen LogP contribution is 2.29. The van der Waals surface area contributed by atoms with E-state index >= 15 is 0 Å². The molecule has 1 unspecified atom stereocenters. The van der Waals surface area contributed by atoms with Crippen LogP contribution in [0.2, 0.25) is 0 Å². The number of hydrogen-bond donors (Lipinski definition) is 2. The average Bonchev–Trinajstić information content (AvgIpc) is 3.21. The van der Waals surface area contributed by atoms with Crippen LogP contribution in [0.5, 0.6) is 0 Å². The van der Waals surface area contributed by atoms with Gasteiger partial charge in [-0.1, -0.05) is 30.3 Å². The van der Waals surface area contributed by atoms with Crippen molar-refractivity contribution in [3.05, 3.63) is 35.9 Å². The lowest BCUT2D eigenvalue weighted by molar-refractivity contribution is -0.140. The number of halogens is 3. The second-order valence-electron chi connectivity index (χ2n) is 5.33. The minimum Gasteiger partial charge on any atom is -0.353 e. The molecule has 1 saturated carbocycles.